The van der Waals surface area contributed by atoms with Crippen LogP contribution in [0.2, 0.25) is 0 Å². The zero-order valence-electron chi connectivity index (χ0n) is 10.3. The molecule has 0 saturated heterocycles. The monoisotopic (exact) mass is 226 g/mol. The van der Waals surface area contributed by atoms with Crippen molar-refractivity contribution in [3.63, 3.8) is 0 Å². The van der Waals surface area contributed by atoms with E-state index in [1.807, 2.05) is 0 Å². The van der Waals surface area contributed by atoms with E-state index in [9.17, 15) is 4.39 Å². The Morgan fingerprint density at radius 1 is 1.62 bits per heavy atom. The number of allylic oxidation sites excluding steroid dienone is 2. The van der Waals surface area contributed by atoms with E-state index in [1.165, 1.54) is 5.57 Å². The fraction of sp³-hybridized carbons (Fsp3) is 0.692. The third kappa shape index (κ3) is 4.45. The van der Waals surface area contributed by atoms with Gasteiger partial charge in [-0.1, -0.05) is 30.7 Å². The number of hydrogen-bond donors (Lipinski definition) is 1. The molecule has 0 aromatic heterocycles. The summed E-state index contributed by atoms with van der Waals surface area (Å²) < 4.78 is 12.3. The van der Waals surface area contributed by atoms with Crippen molar-refractivity contribution in [1.29, 1.82) is 0 Å². The quantitative estimate of drug-likeness (QED) is 0.751. The minimum Gasteiger partial charge on any atom is -0.325 e. The summed E-state index contributed by atoms with van der Waals surface area (Å²) in [4.78, 5) is 2.31. The lowest BCUT2D eigenvalue weighted by molar-refractivity contribution is 0.314. The number of nitrogens with zero attached hydrogens (tertiary/aromatic N) is 1. The summed E-state index contributed by atoms with van der Waals surface area (Å²) >= 11 is 0. The van der Waals surface area contributed by atoms with Gasteiger partial charge in [0.15, 0.2) is 0 Å². The highest BCUT2D eigenvalue weighted by molar-refractivity contribution is 5.24. The molecule has 0 bridgehead atoms. The molecule has 0 radical (unpaired) electrons. The van der Waals surface area contributed by atoms with Crippen LogP contribution >= 0.6 is 0 Å². The largest absolute Gasteiger partial charge is 0.325 e. The average Bonchev–Trinajstić information content (AvgIpc) is 2.31. The molecule has 1 aliphatic rings. The van der Waals surface area contributed by atoms with Crippen molar-refractivity contribution >= 4 is 0 Å². The lowest BCUT2D eigenvalue weighted by atomic mass is 9.93. The summed E-state index contributed by atoms with van der Waals surface area (Å²) in [5.74, 6) is 0.593. The molecule has 2 unspecified atom stereocenters. The summed E-state index contributed by atoms with van der Waals surface area (Å²) in [6.45, 7) is 3.89. The number of nitrogens with two attached hydrogens (primary N) is 1. The van der Waals surface area contributed by atoms with Crippen molar-refractivity contribution in [3.8, 4) is 0 Å². The number of rotatable bonds is 6. The van der Waals surface area contributed by atoms with Crippen molar-refractivity contribution in [3.05, 3.63) is 23.8 Å². The maximum Gasteiger partial charge on any atom is 0.105 e. The molecule has 0 heterocycles. The molecular formula is C13H23FN2. The van der Waals surface area contributed by atoms with E-state index in [4.69, 9.17) is 5.73 Å². The molecule has 0 aromatic rings. The Balaban J connectivity index is 2.35. The van der Waals surface area contributed by atoms with Crippen LogP contribution in [-0.2, 0) is 0 Å². The van der Waals surface area contributed by atoms with Crippen LogP contribution in [0.5, 0.6) is 0 Å². The summed E-state index contributed by atoms with van der Waals surface area (Å²) in [5.41, 5.74) is 6.76. The van der Waals surface area contributed by atoms with E-state index in [1.54, 1.807) is 0 Å². The summed E-state index contributed by atoms with van der Waals surface area (Å²) in [6, 6.07) is -0.342. The van der Waals surface area contributed by atoms with Gasteiger partial charge < -0.3 is 10.6 Å². The lowest BCUT2D eigenvalue weighted by Gasteiger charge is -2.22. The van der Waals surface area contributed by atoms with Crippen LogP contribution in [0.3, 0.4) is 0 Å². The molecule has 2 N–H and O–H groups in total. The van der Waals surface area contributed by atoms with Crippen molar-refractivity contribution in [2.45, 2.75) is 25.8 Å². The van der Waals surface area contributed by atoms with Gasteiger partial charge in [-0.25, -0.2) is 4.39 Å². The highest BCUT2D eigenvalue weighted by Gasteiger charge is 2.12. The second kappa shape index (κ2) is 6.81. The molecule has 0 aliphatic heterocycles. The molecule has 1 aliphatic carbocycles. The van der Waals surface area contributed by atoms with Crippen LogP contribution in [0.1, 0.15) is 19.8 Å². The standard InChI is InChI=1S/C13H23FN2/c1-3-16(2)10-12-6-4-11(5-7-12)8-13(15)9-14/h4-6,12-13H,3,7-10,15H2,1-2H3. The average molecular weight is 226 g/mol. The molecule has 3 heteroatoms. The fourth-order valence-electron chi connectivity index (χ4n) is 1.88. The van der Waals surface area contributed by atoms with Gasteiger partial charge in [-0.3, -0.25) is 0 Å². The zero-order chi connectivity index (χ0) is 12.0. The highest BCUT2D eigenvalue weighted by atomic mass is 19.1. The van der Waals surface area contributed by atoms with Gasteiger partial charge in [0.05, 0.1) is 0 Å². The Bertz CT molecular complexity index is 261. The maximum atomic E-state index is 12.3. The first kappa shape index (κ1) is 13.4. The molecule has 1 rings (SSSR count). The number of hydrogen-bond acceptors (Lipinski definition) is 2. The van der Waals surface area contributed by atoms with E-state index in [2.05, 4.69) is 37.1 Å². The number of alkyl halides is 1. The van der Waals surface area contributed by atoms with Crippen LogP contribution < -0.4 is 5.73 Å². The Morgan fingerprint density at radius 2 is 2.38 bits per heavy atom. The zero-order valence-corrected chi connectivity index (χ0v) is 10.3. The Kier molecular flexibility index (Phi) is 5.71. The van der Waals surface area contributed by atoms with E-state index in [-0.39, 0.29) is 6.04 Å². The van der Waals surface area contributed by atoms with Crippen molar-refractivity contribution < 1.29 is 4.39 Å². The van der Waals surface area contributed by atoms with Gasteiger partial charge in [0.2, 0.25) is 0 Å². The summed E-state index contributed by atoms with van der Waals surface area (Å²) in [6.07, 6.45) is 8.24. The van der Waals surface area contributed by atoms with Crippen LogP contribution in [0.15, 0.2) is 23.8 Å². The molecule has 16 heavy (non-hydrogen) atoms. The predicted molar refractivity (Wildman–Crippen MR) is 67.1 cm³/mol. The SMILES string of the molecule is CCN(C)CC1C=CC(CC(N)CF)=CC1. The molecule has 0 saturated carbocycles. The Hall–Kier alpha value is -0.670. The Labute approximate surface area is 98.0 Å². The highest BCUT2D eigenvalue weighted by Crippen LogP contribution is 2.20. The van der Waals surface area contributed by atoms with Gasteiger partial charge >= 0.3 is 0 Å². The molecule has 2 nitrogen and oxygen atoms in total. The van der Waals surface area contributed by atoms with Crippen molar-refractivity contribution in [2.75, 3.05) is 26.8 Å². The normalized spacial score (nSPS) is 22.3. The van der Waals surface area contributed by atoms with E-state index >= 15 is 0 Å². The smallest absolute Gasteiger partial charge is 0.105 e. The van der Waals surface area contributed by atoms with Gasteiger partial charge in [-0.15, -0.1) is 0 Å². The first-order valence-electron chi connectivity index (χ1n) is 6.03. The van der Waals surface area contributed by atoms with Crippen LogP contribution in [0.4, 0.5) is 4.39 Å². The van der Waals surface area contributed by atoms with E-state index in [0.29, 0.717) is 12.3 Å². The second-order valence-corrected chi connectivity index (χ2v) is 4.61. The van der Waals surface area contributed by atoms with Gasteiger partial charge in [0.1, 0.15) is 6.67 Å². The summed E-state index contributed by atoms with van der Waals surface area (Å²) in [5, 5.41) is 0. The third-order valence-electron chi connectivity index (χ3n) is 3.05. The number of halogens is 1. The molecule has 0 spiro atoms. The molecule has 0 aromatic carbocycles. The minimum absolute atomic E-state index is 0.342. The minimum atomic E-state index is -0.437. The topological polar surface area (TPSA) is 29.3 Å². The van der Waals surface area contributed by atoms with Gasteiger partial charge in [-0.05, 0) is 32.4 Å². The molecule has 92 valence electrons. The van der Waals surface area contributed by atoms with Crippen LogP contribution in [0, 0.1) is 5.92 Å². The van der Waals surface area contributed by atoms with Gasteiger partial charge in [-0.2, -0.15) is 0 Å². The third-order valence-corrected chi connectivity index (χ3v) is 3.05. The fourth-order valence-corrected chi connectivity index (χ4v) is 1.88. The lowest BCUT2D eigenvalue weighted by Crippen LogP contribution is -2.26. The molecule has 2 atom stereocenters. The maximum absolute atomic E-state index is 12.3. The van der Waals surface area contributed by atoms with Crippen LogP contribution in [0.25, 0.3) is 0 Å². The molecule has 0 fully saturated rings. The van der Waals surface area contributed by atoms with Gasteiger partial charge in [0.25, 0.3) is 0 Å². The van der Waals surface area contributed by atoms with E-state index in [0.717, 1.165) is 19.5 Å². The Morgan fingerprint density at radius 3 is 2.88 bits per heavy atom. The summed E-state index contributed by atoms with van der Waals surface area (Å²) in [7, 11) is 2.13. The first-order chi connectivity index (χ1) is 7.65. The predicted octanol–water partition coefficient (Wildman–Crippen LogP) is 2.13. The molecular weight excluding hydrogens is 203 g/mol. The first-order valence-corrected chi connectivity index (χ1v) is 6.03. The molecule has 0 amide bonds. The van der Waals surface area contributed by atoms with Crippen molar-refractivity contribution in [2.24, 2.45) is 11.7 Å². The van der Waals surface area contributed by atoms with Gasteiger partial charge in [0, 0.05) is 12.6 Å². The van der Waals surface area contributed by atoms with Crippen molar-refractivity contribution in [1.82, 2.24) is 4.90 Å². The second-order valence-electron chi connectivity index (χ2n) is 4.61. The van der Waals surface area contributed by atoms with E-state index < -0.39 is 6.67 Å². The van der Waals surface area contributed by atoms with Crippen LogP contribution in [-0.4, -0.2) is 37.8 Å².